The summed E-state index contributed by atoms with van der Waals surface area (Å²) in [5.74, 6) is 0.0939. The summed E-state index contributed by atoms with van der Waals surface area (Å²) in [6.45, 7) is 1.65. The summed E-state index contributed by atoms with van der Waals surface area (Å²) in [7, 11) is 0. The summed E-state index contributed by atoms with van der Waals surface area (Å²) in [6.07, 6.45) is -2.66. The van der Waals surface area contributed by atoms with Crippen LogP contribution in [0.4, 0.5) is 18.9 Å². The minimum Gasteiger partial charge on any atom is -0.360 e. The summed E-state index contributed by atoms with van der Waals surface area (Å²) in [5.41, 5.74) is 1.72. The molecule has 0 spiro atoms. The van der Waals surface area contributed by atoms with Crippen LogP contribution in [0, 0.1) is 0 Å². The van der Waals surface area contributed by atoms with Crippen LogP contribution in [0.3, 0.4) is 0 Å². The Morgan fingerprint density at radius 2 is 1.81 bits per heavy atom. The average molecular weight is 542 g/mol. The molecule has 0 aliphatic rings. The molecule has 0 radical (unpaired) electrons. The highest BCUT2D eigenvalue weighted by Gasteiger charge is 2.31. The van der Waals surface area contributed by atoms with Crippen LogP contribution >= 0.6 is 23.4 Å². The molecule has 0 saturated carbocycles. The number of halogens is 4. The molecule has 0 fully saturated rings. The van der Waals surface area contributed by atoms with Crippen molar-refractivity contribution < 1.29 is 18.0 Å². The fraction of sp³-hybridized carbons (Fsp3) is 0.115. The lowest BCUT2D eigenvalue weighted by molar-refractivity contribution is -0.137. The van der Waals surface area contributed by atoms with Crippen LogP contribution in [0.1, 0.15) is 12.5 Å². The number of hydrogen-bond donors (Lipinski definition) is 2. The molecule has 2 aromatic heterocycles. The molecular weight excluding hydrogens is 523 g/mol. The molecule has 1 unspecified atom stereocenters. The SMILES string of the molecule is CC(Sc1nnc(-c2c[nH]c3ccccc23)n1-c1ccc(Cl)cc1)C(=O)Nc1cccc(C(F)(F)F)c1. The van der Waals surface area contributed by atoms with Gasteiger partial charge in [-0.05, 0) is 55.5 Å². The molecule has 11 heteroatoms. The number of aromatic amines is 1. The molecular formula is C26H19ClF3N5OS. The molecule has 1 atom stereocenters. The molecule has 188 valence electrons. The summed E-state index contributed by atoms with van der Waals surface area (Å²) >= 11 is 7.24. The van der Waals surface area contributed by atoms with Gasteiger partial charge in [0.2, 0.25) is 5.91 Å². The number of rotatable bonds is 6. The van der Waals surface area contributed by atoms with Gasteiger partial charge in [0.25, 0.3) is 0 Å². The van der Waals surface area contributed by atoms with Crippen molar-refractivity contribution in [1.82, 2.24) is 19.7 Å². The number of anilines is 1. The molecule has 0 aliphatic carbocycles. The topological polar surface area (TPSA) is 75.6 Å². The number of thioether (sulfide) groups is 1. The van der Waals surface area contributed by atoms with Crippen LogP contribution < -0.4 is 5.32 Å². The fourth-order valence-electron chi connectivity index (χ4n) is 3.83. The Balaban J connectivity index is 1.47. The third-order valence-electron chi connectivity index (χ3n) is 5.66. The standard InChI is InChI=1S/C26H19ClF3N5OS/c1-15(24(36)32-18-6-4-5-16(13-18)26(28,29)30)37-25-34-33-23(35(25)19-11-9-17(27)10-12-19)21-14-31-22-8-3-2-7-20(21)22/h2-15,31H,1H3,(H,32,36). The highest BCUT2D eigenvalue weighted by molar-refractivity contribution is 8.00. The molecule has 2 heterocycles. The van der Waals surface area contributed by atoms with E-state index in [4.69, 9.17) is 11.6 Å². The number of para-hydroxylation sites is 1. The zero-order valence-corrected chi connectivity index (χ0v) is 20.8. The number of hydrogen-bond acceptors (Lipinski definition) is 4. The van der Waals surface area contributed by atoms with Gasteiger partial charge in [0.1, 0.15) is 0 Å². The summed E-state index contributed by atoms with van der Waals surface area (Å²) in [4.78, 5) is 16.1. The first kappa shape index (κ1) is 24.9. The predicted octanol–water partition coefficient (Wildman–Crippen LogP) is 7.21. The number of alkyl halides is 3. The zero-order valence-electron chi connectivity index (χ0n) is 19.3. The quantitative estimate of drug-likeness (QED) is 0.223. The Hall–Kier alpha value is -3.76. The van der Waals surface area contributed by atoms with Crippen LogP contribution in [0.25, 0.3) is 28.0 Å². The first-order valence-corrected chi connectivity index (χ1v) is 12.4. The van der Waals surface area contributed by atoms with E-state index in [0.717, 1.165) is 46.0 Å². The molecule has 2 N–H and O–H groups in total. The van der Waals surface area contributed by atoms with Crippen molar-refractivity contribution in [3.63, 3.8) is 0 Å². The van der Waals surface area contributed by atoms with Crippen LogP contribution in [0.5, 0.6) is 0 Å². The zero-order chi connectivity index (χ0) is 26.2. The van der Waals surface area contributed by atoms with E-state index in [-0.39, 0.29) is 5.69 Å². The predicted molar refractivity (Wildman–Crippen MR) is 139 cm³/mol. The molecule has 37 heavy (non-hydrogen) atoms. The molecule has 3 aromatic carbocycles. The monoisotopic (exact) mass is 541 g/mol. The number of benzene rings is 3. The molecule has 0 aliphatic heterocycles. The number of amides is 1. The van der Waals surface area contributed by atoms with E-state index < -0.39 is 22.9 Å². The third-order valence-corrected chi connectivity index (χ3v) is 6.95. The van der Waals surface area contributed by atoms with Crippen LogP contribution in [-0.2, 0) is 11.0 Å². The lowest BCUT2D eigenvalue weighted by Gasteiger charge is -2.15. The Bertz CT molecular complexity index is 1580. The highest BCUT2D eigenvalue weighted by Crippen LogP contribution is 2.35. The molecule has 1 amide bonds. The lowest BCUT2D eigenvalue weighted by atomic mass is 10.1. The van der Waals surface area contributed by atoms with Gasteiger partial charge in [-0.1, -0.05) is 47.6 Å². The van der Waals surface area contributed by atoms with Gasteiger partial charge in [-0.2, -0.15) is 13.2 Å². The van der Waals surface area contributed by atoms with Gasteiger partial charge in [0, 0.05) is 39.1 Å². The average Bonchev–Trinajstić information content (AvgIpc) is 3.48. The van der Waals surface area contributed by atoms with Crippen molar-refractivity contribution in [2.75, 3.05) is 5.32 Å². The molecule has 5 rings (SSSR count). The first-order valence-electron chi connectivity index (χ1n) is 11.1. The van der Waals surface area contributed by atoms with Gasteiger partial charge in [-0.15, -0.1) is 10.2 Å². The van der Waals surface area contributed by atoms with Crippen LogP contribution in [0.15, 0.2) is 84.1 Å². The van der Waals surface area contributed by atoms with Gasteiger partial charge in [0.05, 0.1) is 10.8 Å². The van der Waals surface area contributed by atoms with Crippen molar-refractivity contribution >= 4 is 45.9 Å². The number of nitrogens with zero attached hydrogens (tertiary/aromatic N) is 3. The minimum atomic E-state index is -4.51. The van der Waals surface area contributed by atoms with E-state index in [9.17, 15) is 18.0 Å². The lowest BCUT2D eigenvalue weighted by Crippen LogP contribution is -2.23. The second-order valence-corrected chi connectivity index (χ2v) is 9.94. The second kappa shape index (κ2) is 9.95. The summed E-state index contributed by atoms with van der Waals surface area (Å²) in [5, 5.41) is 12.6. The first-order chi connectivity index (χ1) is 17.7. The van der Waals surface area contributed by atoms with E-state index >= 15 is 0 Å². The van der Waals surface area contributed by atoms with Gasteiger partial charge in [0.15, 0.2) is 11.0 Å². The maximum absolute atomic E-state index is 13.1. The normalized spacial score (nSPS) is 12.6. The van der Waals surface area contributed by atoms with Crippen molar-refractivity contribution in [2.45, 2.75) is 23.5 Å². The third kappa shape index (κ3) is 5.21. The summed E-state index contributed by atoms with van der Waals surface area (Å²) < 4.78 is 41.0. The Labute approximate surface area is 218 Å². The van der Waals surface area contributed by atoms with Crippen molar-refractivity contribution in [1.29, 1.82) is 0 Å². The Morgan fingerprint density at radius 3 is 2.57 bits per heavy atom. The molecule has 5 aromatic rings. The molecule has 6 nitrogen and oxygen atoms in total. The Morgan fingerprint density at radius 1 is 1.05 bits per heavy atom. The maximum Gasteiger partial charge on any atom is 0.416 e. The van der Waals surface area contributed by atoms with E-state index in [1.54, 1.807) is 19.1 Å². The smallest absolute Gasteiger partial charge is 0.360 e. The number of nitrogens with one attached hydrogen (secondary N) is 2. The number of H-pyrrole nitrogens is 1. The molecule has 0 saturated heterocycles. The van der Waals surface area contributed by atoms with Crippen LogP contribution in [0.2, 0.25) is 5.02 Å². The maximum atomic E-state index is 13.1. The summed E-state index contributed by atoms with van der Waals surface area (Å²) in [6, 6.07) is 19.4. The second-order valence-electron chi connectivity index (χ2n) is 8.19. The van der Waals surface area contributed by atoms with Crippen molar-refractivity contribution in [2.24, 2.45) is 0 Å². The Kier molecular flexibility index (Phi) is 6.70. The number of aromatic nitrogens is 4. The van der Waals surface area contributed by atoms with E-state index in [1.807, 2.05) is 47.2 Å². The molecule has 0 bridgehead atoms. The van der Waals surface area contributed by atoms with Crippen molar-refractivity contribution in [3.05, 3.63) is 89.6 Å². The van der Waals surface area contributed by atoms with Gasteiger partial charge >= 0.3 is 6.18 Å². The van der Waals surface area contributed by atoms with Crippen LogP contribution in [-0.4, -0.2) is 30.9 Å². The fourth-order valence-corrected chi connectivity index (χ4v) is 4.82. The number of carbonyl (C=O) groups excluding carboxylic acids is 1. The number of carbonyl (C=O) groups is 1. The van der Waals surface area contributed by atoms with Gasteiger partial charge in [-0.3, -0.25) is 9.36 Å². The highest BCUT2D eigenvalue weighted by atomic mass is 35.5. The number of fused-ring (bicyclic) bond motifs is 1. The van der Waals surface area contributed by atoms with E-state index in [1.165, 1.54) is 12.1 Å². The van der Waals surface area contributed by atoms with E-state index in [2.05, 4.69) is 20.5 Å². The van der Waals surface area contributed by atoms with Gasteiger partial charge in [-0.25, -0.2) is 0 Å². The van der Waals surface area contributed by atoms with E-state index in [0.29, 0.717) is 16.0 Å². The largest absolute Gasteiger partial charge is 0.416 e. The minimum absolute atomic E-state index is 0.0610. The van der Waals surface area contributed by atoms with Gasteiger partial charge < -0.3 is 10.3 Å². The van der Waals surface area contributed by atoms with Crippen molar-refractivity contribution in [3.8, 4) is 17.1 Å².